The predicted molar refractivity (Wildman–Crippen MR) is 101 cm³/mol. The van der Waals surface area contributed by atoms with Gasteiger partial charge in [0.2, 0.25) is 0 Å². The van der Waals surface area contributed by atoms with E-state index in [1.165, 1.54) is 12.1 Å². The van der Waals surface area contributed by atoms with Crippen LogP contribution in [0.2, 0.25) is 0 Å². The molecule has 2 aromatic rings. The van der Waals surface area contributed by atoms with E-state index < -0.39 is 11.9 Å². The number of nitrogens with one attached hydrogen (secondary N) is 1. The van der Waals surface area contributed by atoms with Crippen LogP contribution in [0.1, 0.15) is 47.7 Å². The van der Waals surface area contributed by atoms with Crippen LogP contribution in [0.4, 0.5) is 10.1 Å². The summed E-state index contributed by atoms with van der Waals surface area (Å²) in [6.45, 7) is 5.35. The third kappa shape index (κ3) is 3.51. The largest absolute Gasteiger partial charge is 0.480 e. The number of carbonyl (C=O) groups is 2. The molecule has 2 aromatic carbocycles. The summed E-state index contributed by atoms with van der Waals surface area (Å²) in [6.07, 6.45) is -0.592. The van der Waals surface area contributed by atoms with Crippen molar-refractivity contribution in [3.05, 3.63) is 57.3 Å². The zero-order chi connectivity index (χ0) is 19.0. The van der Waals surface area contributed by atoms with Crippen molar-refractivity contribution in [1.29, 1.82) is 0 Å². The maximum absolute atomic E-state index is 14.1. The van der Waals surface area contributed by atoms with Crippen LogP contribution in [0.5, 0.6) is 5.75 Å². The Morgan fingerprint density at radius 3 is 2.77 bits per heavy atom. The molecule has 1 amide bonds. The van der Waals surface area contributed by atoms with E-state index in [1.807, 2.05) is 26.0 Å². The van der Waals surface area contributed by atoms with Gasteiger partial charge in [0, 0.05) is 16.5 Å². The van der Waals surface area contributed by atoms with Gasteiger partial charge in [0.25, 0.3) is 5.91 Å². The molecule has 0 saturated heterocycles. The molecule has 0 heterocycles. The van der Waals surface area contributed by atoms with Crippen molar-refractivity contribution >= 4 is 33.3 Å². The van der Waals surface area contributed by atoms with Gasteiger partial charge in [-0.05, 0) is 65.5 Å². The van der Waals surface area contributed by atoms with E-state index in [0.29, 0.717) is 11.3 Å². The first-order chi connectivity index (χ1) is 12.3. The van der Waals surface area contributed by atoms with Crippen molar-refractivity contribution in [3.63, 3.8) is 0 Å². The van der Waals surface area contributed by atoms with E-state index in [-0.39, 0.29) is 35.3 Å². The Balaban J connectivity index is 1.79. The van der Waals surface area contributed by atoms with E-state index >= 15 is 0 Å². The van der Waals surface area contributed by atoms with Gasteiger partial charge in [-0.1, -0.05) is 13.0 Å². The predicted octanol–water partition coefficient (Wildman–Crippen LogP) is 4.99. The standard InChI is InChI=1S/C20H19BrFNO3/c1-10-4-6-15(13(21)8-10)23-20(25)12(3)26-17-7-5-14(22)18-11(2)9-16(24)19(17)18/h4-8,11-12H,9H2,1-3H3,(H,23,25)/t11-,12+/m0/s1. The summed E-state index contributed by atoms with van der Waals surface area (Å²) in [4.78, 5) is 24.7. The lowest BCUT2D eigenvalue weighted by molar-refractivity contribution is -0.122. The number of Topliss-reactive ketones (excluding diaryl/α,β-unsaturated/α-hetero) is 1. The molecular weight excluding hydrogens is 401 g/mol. The number of amides is 1. The molecule has 3 rings (SSSR count). The van der Waals surface area contributed by atoms with Crippen LogP contribution in [0.3, 0.4) is 0 Å². The van der Waals surface area contributed by atoms with E-state index in [4.69, 9.17) is 4.74 Å². The van der Waals surface area contributed by atoms with Gasteiger partial charge in [-0.15, -0.1) is 0 Å². The van der Waals surface area contributed by atoms with Gasteiger partial charge in [-0.25, -0.2) is 4.39 Å². The first-order valence-electron chi connectivity index (χ1n) is 8.37. The van der Waals surface area contributed by atoms with Crippen molar-refractivity contribution in [2.75, 3.05) is 5.32 Å². The number of ether oxygens (including phenoxy) is 1. The zero-order valence-electron chi connectivity index (χ0n) is 14.7. The van der Waals surface area contributed by atoms with Gasteiger partial charge in [0.15, 0.2) is 11.9 Å². The summed E-state index contributed by atoms with van der Waals surface area (Å²) in [5, 5.41) is 2.79. The smallest absolute Gasteiger partial charge is 0.265 e. The number of halogens is 2. The Hall–Kier alpha value is -2.21. The van der Waals surface area contributed by atoms with Crippen molar-refractivity contribution in [1.82, 2.24) is 0 Å². The summed E-state index contributed by atoms with van der Waals surface area (Å²) in [6, 6.07) is 8.28. The minimum absolute atomic E-state index is 0.157. The Bertz CT molecular complexity index is 897. The van der Waals surface area contributed by atoms with Crippen LogP contribution >= 0.6 is 15.9 Å². The first-order valence-corrected chi connectivity index (χ1v) is 9.16. The highest BCUT2D eigenvalue weighted by Gasteiger charge is 2.33. The molecule has 26 heavy (non-hydrogen) atoms. The third-order valence-corrected chi connectivity index (χ3v) is 5.13. The third-order valence-electron chi connectivity index (χ3n) is 4.47. The van der Waals surface area contributed by atoms with Crippen molar-refractivity contribution in [2.45, 2.75) is 39.2 Å². The summed E-state index contributed by atoms with van der Waals surface area (Å²) in [5.74, 6) is -0.858. The van der Waals surface area contributed by atoms with Gasteiger partial charge in [0.1, 0.15) is 11.6 Å². The van der Waals surface area contributed by atoms with Crippen molar-refractivity contribution in [2.24, 2.45) is 0 Å². The molecule has 1 aliphatic rings. The second-order valence-electron chi connectivity index (χ2n) is 6.60. The normalized spacial score (nSPS) is 17.0. The molecule has 2 atom stereocenters. The monoisotopic (exact) mass is 419 g/mol. The molecule has 6 heteroatoms. The van der Waals surface area contributed by atoms with Gasteiger partial charge in [-0.2, -0.15) is 0 Å². The number of hydrogen-bond donors (Lipinski definition) is 1. The number of ketones is 1. The number of rotatable bonds is 4. The van der Waals surface area contributed by atoms with Crippen LogP contribution in [0, 0.1) is 12.7 Å². The minimum Gasteiger partial charge on any atom is -0.480 e. The Morgan fingerprint density at radius 1 is 1.35 bits per heavy atom. The molecule has 0 aliphatic heterocycles. The van der Waals surface area contributed by atoms with E-state index in [2.05, 4.69) is 21.2 Å². The minimum atomic E-state index is -0.846. The number of carbonyl (C=O) groups excluding carboxylic acids is 2. The van der Waals surface area contributed by atoms with Crippen LogP contribution in [0.15, 0.2) is 34.8 Å². The second kappa shape index (κ2) is 7.19. The molecule has 4 nitrogen and oxygen atoms in total. The average molecular weight is 420 g/mol. The fraction of sp³-hybridized carbons (Fsp3) is 0.300. The molecule has 0 spiro atoms. The molecule has 0 bridgehead atoms. The first kappa shape index (κ1) is 18.6. The molecule has 0 aromatic heterocycles. The Labute approximate surface area is 159 Å². The highest BCUT2D eigenvalue weighted by atomic mass is 79.9. The molecule has 0 radical (unpaired) electrons. The molecule has 0 fully saturated rings. The maximum atomic E-state index is 14.1. The van der Waals surface area contributed by atoms with Gasteiger partial charge in [0.05, 0.1) is 11.3 Å². The van der Waals surface area contributed by atoms with Crippen molar-refractivity contribution in [3.8, 4) is 5.75 Å². The molecule has 1 aliphatic carbocycles. The van der Waals surface area contributed by atoms with Gasteiger partial charge < -0.3 is 10.1 Å². The van der Waals surface area contributed by atoms with Crippen LogP contribution in [-0.2, 0) is 4.79 Å². The zero-order valence-corrected chi connectivity index (χ0v) is 16.3. The van der Waals surface area contributed by atoms with Crippen LogP contribution in [0.25, 0.3) is 0 Å². The van der Waals surface area contributed by atoms with Crippen LogP contribution < -0.4 is 10.1 Å². The Kier molecular flexibility index (Phi) is 5.14. The molecule has 136 valence electrons. The van der Waals surface area contributed by atoms with Gasteiger partial charge in [-0.3, -0.25) is 9.59 Å². The topological polar surface area (TPSA) is 55.4 Å². The Morgan fingerprint density at radius 2 is 2.08 bits per heavy atom. The number of hydrogen-bond acceptors (Lipinski definition) is 3. The van der Waals surface area contributed by atoms with E-state index in [9.17, 15) is 14.0 Å². The highest BCUT2D eigenvalue weighted by molar-refractivity contribution is 9.10. The number of aryl methyl sites for hydroxylation is 1. The van der Waals surface area contributed by atoms with Gasteiger partial charge >= 0.3 is 0 Å². The molecule has 1 N–H and O–H groups in total. The molecule has 0 unspecified atom stereocenters. The lowest BCUT2D eigenvalue weighted by Crippen LogP contribution is -2.30. The number of fused-ring (bicyclic) bond motifs is 1. The van der Waals surface area contributed by atoms with Crippen LogP contribution in [-0.4, -0.2) is 17.8 Å². The summed E-state index contributed by atoms with van der Waals surface area (Å²) in [5.41, 5.74) is 2.33. The fourth-order valence-corrected chi connectivity index (χ4v) is 3.72. The lowest BCUT2D eigenvalue weighted by Gasteiger charge is -2.18. The molecule has 0 saturated carbocycles. The molecular formula is C20H19BrFNO3. The average Bonchev–Trinajstić information content (AvgIpc) is 2.88. The summed E-state index contributed by atoms with van der Waals surface area (Å²) in [7, 11) is 0. The number of benzene rings is 2. The van der Waals surface area contributed by atoms with Crippen molar-refractivity contribution < 1.29 is 18.7 Å². The summed E-state index contributed by atoms with van der Waals surface area (Å²) < 4.78 is 20.5. The SMILES string of the molecule is Cc1ccc(NC(=O)[C@@H](C)Oc2ccc(F)c3c2C(=O)C[C@@H]3C)c(Br)c1. The second-order valence-corrected chi connectivity index (χ2v) is 7.45. The van der Waals surface area contributed by atoms with E-state index in [1.54, 1.807) is 13.0 Å². The fourth-order valence-electron chi connectivity index (χ4n) is 3.12. The lowest BCUT2D eigenvalue weighted by atomic mass is 10.0. The number of anilines is 1. The summed E-state index contributed by atoms with van der Waals surface area (Å²) >= 11 is 3.41. The highest BCUT2D eigenvalue weighted by Crippen LogP contribution is 2.40. The van der Waals surface area contributed by atoms with E-state index in [0.717, 1.165) is 10.0 Å². The maximum Gasteiger partial charge on any atom is 0.265 e. The quantitative estimate of drug-likeness (QED) is 0.758.